The molecule has 3 aliphatic heterocycles. The molecule has 2 fully saturated rings. The fraction of sp³-hybridized carbons (Fsp3) is 0.500. The number of carboxylic acids is 1. The molecule has 9 heteroatoms. The maximum absolute atomic E-state index is 14.1. The van der Waals surface area contributed by atoms with Gasteiger partial charge < -0.3 is 10.4 Å². The topological polar surface area (TPSA) is 116 Å². The second-order valence-corrected chi connectivity index (χ2v) is 8.82. The number of rotatable bonds is 3. The van der Waals surface area contributed by atoms with Gasteiger partial charge in [0.1, 0.15) is 11.4 Å². The van der Waals surface area contributed by atoms with Crippen LogP contribution in [0.2, 0.25) is 0 Å². The van der Waals surface area contributed by atoms with Crippen molar-refractivity contribution in [3.63, 3.8) is 0 Å². The van der Waals surface area contributed by atoms with Gasteiger partial charge in [0, 0.05) is 29.3 Å². The van der Waals surface area contributed by atoms with Gasteiger partial charge in [-0.3, -0.25) is 29.4 Å². The summed E-state index contributed by atoms with van der Waals surface area (Å²) in [6, 6.07) is 3.10. The van der Waals surface area contributed by atoms with Crippen molar-refractivity contribution in [2.45, 2.75) is 50.7 Å². The Morgan fingerprint density at radius 3 is 2.55 bits per heavy atom. The smallest absolute Gasteiger partial charge is 0.303 e. The van der Waals surface area contributed by atoms with E-state index in [4.69, 9.17) is 5.11 Å². The molecule has 2 saturated heterocycles. The van der Waals surface area contributed by atoms with Gasteiger partial charge in [-0.2, -0.15) is 0 Å². The number of benzene rings is 1. The number of halogens is 1. The molecule has 4 unspecified atom stereocenters. The summed E-state index contributed by atoms with van der Waals surface area (Å²) in [7, 11) is 0. The summed E-state index contributed by atoms with van der Waals surface area (Å²) in [6.07, 6.45) is -0.168. The number of carbonyl (C=O) groups excluding carboxylic acids is 3. The Morgan fingerprint density at radius 1 is 1.24 bits per heavy atom. The van der Waals surface area contributed by atoms with E-state index in [9.17, 15) is 23.6 Å². The highest BCUT2D eigenvalue weighted by Gasteiger charge is 2.71. The standard InChI is InChI=1S/C20H22FN3O5/c1-19(2,3)24-16(27)14-12(6-7-13(25)26)23-20(15(14)17(24)28)10-8-9(21)4-5-11(10)22-18(20)29/h4-5,8,12,14-15,23H,6-7H2,1-3H3,(H,22,29)(H,25,26). The lowest BCUT2D eigenvalue weighted by molar-refractivity contribution is -0.148. The van der Waals surface area contributed by atoms with Gasteiger partial charge in [0.2, 0.25) is 17.7 Å². The van der Waals surface area contributed by atoms with E-state index in [-0.39, 0.29) is 18.4 Å². The number of likely N-dealkylation sites (tertiary alicyclic amines) is 1. The van der Waals surface area contributed by atoms with Crippen molar-refractivity contribution >= 4 is 29.4 Å². The minimum Gasteiger partial charge on any atom is -0.481 e. The van der Waals surface area contributed by atoms with Crippen LogP contribution in [0, 0.1) is 17.7 Å². The van der Waals surface area contributed by atoms with Gasteiger partial charge in [-0.15, -0.1) is 0 Å². The summed E-state index contributed by atoms with van der Waals surface area (Å²) in [5.41, 5.74) is -1.78. The number of aliphatic carboxylic acids is 1. The normalized spacial score (nSPS) is 30.7. The number of anilines is 1. The highest BCUT2D eigenvalue weighted by molar-refractivity contribution is 6.15. The number of carboxylic acid groups (broad SMARTS) is 1. The molecule has 29 heavy (non-hydrogen) atoms. The maximum atomic E-state index is 14.1. The molecule has 3 N–H and O–H groups in total. The Hall–Kier alpha value is -2.81. The lowest BCUT2D eigenvalue weighted by atomic mass is 9.76. The van der Waals surface area contributed by atoms with Crippen LogP contribution < -0.4 is 10.6 Å². The van der Waals surface area contributed by atoms with Crippen molar-refractivity contribution in [2.24, 2.45) is 11.8 Å². The zero-order valence-electron chi connectivity index (χ0n) is 16.3. The predicted octanol–water partition coefficient (Wildman–Crippen LogP) is 1.21. The summed E-state index contributed by atoms with van der Waals surface area (Å²) < 4.78 is 14.1. The average Bonchev–Trinajstić information content (AvgIpc) is 3.18. The molecule has 0 aliphatic carbocycles. The number of nitrogens with one attached hydrogen (secondary N) is 2. The quantitative estimate of drug-likeness (QED) is 0.654. The van der Waals surface area contributed by atoms with E-state index in [2.05, 4.69) is 10.6 Å². The SMILES string of the molecule is CC(C)(C)N1C(=O)C2C(CCC(=O)O)NC3(C(=O)Nc4ccc(F)cc43)C2C1=O. The van der Waals surface area contributed by atoms with Crippen LogP contribution in [0.3, 0.4) is 0 Å². The van der Waals surface area contributed by atoms with Gasteiger partial charge in [0.25, 0.3) is 0 Å². The molecule has 0 radical (unpaired) electrons. The van der Waals surface area contributed by atoms with Gasteiger partial charge in [-0.05, 0) is 45.4 Å². The fourth-order valence-electron chi connectivity index (χ4n) is 4.96. The van der Waals surface area contributed by atoms with Crippen LogP contribution in [0.1, 0.15) is 39.2 Å². The van der Waals surface area contributed by atoms with Crippen LogP contribution in [0.15, 0.2) is 18.2 Å². The van der Waals surface area contributed by atoms with Gasteiger partial charge >= 0.3 is 5.97 Å². The molecule has 0 saturated carbocycles. The number of nitrogens with zero attached hydrogens (tertiary/aromatic N) is 1. The third-order valence-electron chi connectivity index (χ3n) is 6.02. The lowest BCUT2D eigenvalue weighted by Crippen LogP contribution is -2.55. The Morgan fingerprint density at radius 2 is 1.93 bits per heavy atom. The van der Waals surface area contributed by atoms with Crippen LogP contribution in [0.25, 0.3) is 0 Å². The van der Waals surface area contributed by atoms with E-state index in [0.717, 1.165) is 4.90 Å². The lowest BCUT2D eigenvalue weighted by Gasteiger charge is -2.34. The molecular weight excluding hydrogens is 381 g/mol. The van der Waals surface area contributed by atoms with Crippen LogP contribution >= 0.6 is 0 Å². The van der Waals surface area contributed by atoms with Gasteiger partial charge in [-0.1, -0.05) is 0 Å². The molecule has 3 amide bonds. The number of fused-ring (bicyclic) bond motifs is 4. The maximum Gasteiger partial charge on any atom is 0.303 e. The van der Waals surface area contributed by atoms with Crippen LogP contribution in [0.4, 0.5) is 10.1 Å². The van der Waals surface area contributed by atoms with Crippen LogP contribution in [-0.2, 0) is 24.7 Å². The molecule has 3 heterocycles. The number of imide groups is 1. The minimum absolute atomic E-state index is 0.0627. The molecular formula is C20H22FN3O5. The zero-order chi connectivity index (χ0) is 21.3. The van der Waals surface area contributed by atoms with Crippen molar-refractivity contribution in [3.05, 3.63) is 29.6 Å². The van der Waals surface area contributed by atoms with E-state index in [1.165, 1.54) is 18.2 Å². The second kappa shape index (κ2) is 6.09. The average molecular weight is 403 g/mol. The minimum atomic E-state index is -1.61. The van der Waals surface area contributed by atoms with Gasteiger partial charge in [0.15, 0.2) is 0 Å². The van der Waals surface area contributed by atoms with Crippen molar-refractivity contribution in [1.29, 1.82) is 0 Å². The summed E-state index contributed by atoms with van der Waals surface area (Å²) in [4.78, 5) is 52.0. The Bertz CT molecular complexity index is 956. The molecule has 0 aromatic heterocycles. The van der Waals surface area contributed by atoms with Crippen LogP contribution in [0.5, 0.6) is 0 Å². The Kier molecular flexibility index (Phi) is 4.10. The summed E-state index contributed by atoms with van der Waals surface area (Å²) in [5, 5.41) is 14.9. The summed E-state index contributed by atoms with van der Waals surface area (Å²) >= 11 is 0. The molecule has 0 bridgehead atoms. The predicted molar refractivity (Wildman–Crippen MR) is 99.1 cm³/mol. The Balaban J connectivity index is 1.88. The number of amides is 3. The highest BCUT2D eigenvalue weighted by Crippen LogP contribution is 2.54. The van der Waals surface area contributed by atoms with Gasteiger partial charge in [-0.25, -0.2) is 4.39 Å². The Labute approximate surface area is 166 Å². The first-order valence-electron chi connectivity index (χ1n) is 9.47. The molecule has 4 atom stereocenters. The first-order valence-corrected chi connectivity index (χ1v) is 9.47. The third-order valence-corrected chi connectivity index (χ3v) is 6.02. The van der Waals surface area contributed by atoms with Crippen molar-refractivity contribution in [3.8, 4) is 0 Å². The molecule has 8 nitrogen and oxygen atoms in total. The summed E-state index contributed by atoms with van der Waals surface area (Å²) in [6.45, 7) is 5.16. The fourth-order valence-corrected chi connectivity index (χ4v) is 4.96. The third kappa shape index (κ3) is 2.60. The molecule has 1 aromatic rings. The first kappa shape index (κ1) is 19.5. The molecule has 4 rings (SSSR count). The monoisotopic (exact) mass is 403 g/mol. The second-order valence-electron chi connectivity index (χ2n) is 8.82. The van der Waals surface area contributed by atoms with Gasteiger partial charge in [0.05, 0.1) is 11.8 Å². The van der Waals surface area contributed by atoms with Crippen molar-refractivity contribution < 1.29 is 28.7 Å². The van der Waals surface area contributed by atoms with Crippen molar-refractivity contribution in [2.75, 3.05) is 5.32 Å². The highest BCUT2D eigenvalue weighted by atomic mass is 19.1. The molecule has 1 spiro atoms. The van der Waals surface area contributed by atoms with E-state index >= 15 is 0 Å². The number of carbonyl (C=O) groups is 4. The van der Waals surface area contributed by atoms with E-state index in [1.54, 1.807) is 20.8 Å². The zero-order valence-corrected chi connectivity index (χ0v) is 16.3. The van der Waals surface area contributed by atoms with E-state index < -0.39 is 58.5 Å². The first-order chi connectivity index (χ1) is 13.5. The molecule has 154 valence electrons. The molecule has 3 aliphatic rings. The molecule has 1 aromatic carbocycles. The van der Waals surface area contributed by atoms with Crippen molar-refractivity contribution in [1.82, 2.24) is 10.2 Å². The summed E-state index contributed by atoms with van der Waals surface area (Å²) in [5.74, 6) is -5.08. The largest absolute Gasteiger partial charge is 0.481 e. The number of hydrogen-bond donors (Lipinski definition) is 3. The van der Waals surface area contributed by atoms with Crippen LogP contribution in [-0.4, -0.2) is 45.3 Å². The number of hydrogen-bond acceptors (Lipinski definition) is 5. The van der Waals surface area contributed by atoms with E-state index in [0.29, 0.717) is 5.69 Å². The van der Waals surface area contributed by atoms with E-state index in [1.807, 2.05) is 0 Å².